The zero-order valence-electron chi connectivity index (χ0n) is 12.4. The van der Waals surface area contributed by atoms with Crippen molar-refractivity contribution in [1.82, 2.24) is 5.32 Å². The van der Waals surface area contributed by atoms with Crippen LogP contribution in [-0.2, 0) is 5.60 Å². The van der Waals surface area contributed by atoms with E-state index in [0.717, 1.165) is 37.8 Å². The third-order valence-corrected chi connectivity index (χ3v) is 4.42. The topological polar surface area (TPSA) is 32.3 Å². The van der Waals surface area contributed by atoms with E-state index in [1.807, 2.05) is 0 Å². The Bertz CT molecular complexity index is 388. The van der Waals surface area contributed by atoms with Crippen LogP contribution in [0.15, 0.2) is 24.3 Å². The van der Waals surface area contributed by atoms with Crippen LogP contribution in [0.5, 0.6) is 0 Å². The first kappa shape index (κ1) is 14.5. The summed E-state index contributed by atoms with van der Waals surface area (Å²) in [5, 5.41) is 14.3. The number of hydrogen-bond donors (Lipinski definition) is 2. The van der Waals surface area contributed by atoms with Crippen LogP contribution in [0.2, 0.25) is 0 Å². The molecular weight excluding hydrogens is 234 g/mol. The SMILES string of the molecule is CCNC1CCC(O)(c2ccc(C(C)C)cc2)CC1. The molecule has 0 heterocycles. The fraction of sp³-hybridized carbons (Fsp3) is 0.647. The van der Waals surface area contributed by atoms with Crippen molar-refractivity contribution in [3.63, 3.8) is 0 Å². The van der Waals surface area contributed by atoms with E-state index in [1.54, 1.807) is 0 Å². The molecule has 1 fully saturated rings. The lowest BCUT2D eigenvalue weighted by Gasteiger charge is -2.36. The molecule has 19 heavy (non-hydrogen) atoms. The van der Waals surface area contributed by atoms with E-state index in [-0.39, 0.29) is 0 Å². The van der Waals surface area contributed by atoms with Crippen molar-refractivity contribution in [1.29, 1.82) is 0 Å². The molecule has 1 aromatic carbocycles. The van der Waals surface area contributed by atoms with Gasteiger partial charge >= 0.3 is 0 Å². The van der Waals surface area contributed by atoms with Gasteiger partial charge in [-0.05, 0) is 49.3 Å². The van der Waals surface area contributed by atoms with Crippen LogP contribution in [0, 0.1) is 0 Å². The molecule has 0 saturated heterocycles. The molecular formula is C17H27NO. The van der Waals surface area contributed by atoms with Crippen molar-refractivity contribution in [3.05, 3.63) is 35.4 Å². The van der Waals surface area contributed by atoms with Gasteiger partial charge in [-0.1, -0.05) is 45.0 Å². The normalized spacial score (nSPS) is 27.7. The molecule has 2 rings (SSSR count). The second kappa shape index (κ2) is 6.06. The van der Waals surface area contributed by atoms with Crippen molar-refractivity contribution >= 4 is 0 Å². The molecule has 0 spiro atoms. The highest BCUT2D eigenvalue weighted by Gasteiger charge is 2.34. The van der Waals surface area contributed by atoms with E-state index in [4.69, 9.17) is 0 Å². The average Bonchev–Trinajstić information content (AvgIpc) is 2.42. The highest BCUT2D eigenvalue weighted by molar-refractivity contribution is 5.29. The lowest BCUT2D eigenvalue weighted by atomic mass is 9.77. The Hall–Kier alpha value is -0.860. The van der Waals surface area contributed by atoms with Crippen molar-refractivity contribution in [2.75, 3.05) is 6.54 Å². The summed E-state index contributed by atoms with van der Waals surface area (Å²) < 4.78 is 0. The minimum atomic E-state index is -0.610. The fourth-order valence-electron chi connectivity index (χ4n) is 3.06. The van der Waals surface area contributed by atoms with E-state index >= 15 is 0 Å². The maximum absolute atomic E-state index is 10.8. The summed E-state index contributed by atoms with van der Waals surface area (Å²) in [6.45, 7) is 7.56. The second-order valence-corrected chi connectivity index (χ2v) is 6.14. The Morgan fingerprint density at radius 3 is 2.26 bits per heavy atom. The van der Waals surface area contributed by atoms with Gasteiger partial charge in [0.25, 0.3) is 0 Å². The highest BCUT2D eigenvalue weighted by Crippen LogP contribution is 2.37. The third kappa shape index (κ3) is 3.37. The van der Waals surface area contributed by atoms with Crippen LogP contribution < -0.4 is 5.32 Å². The van der Waals surface area contributed by atoms with Crippen molar-refractivity contribution < 1.29 is 5.11 Å². The van der Waals surface area contributed by atoms with Crippen LogP contribution in [0.25, 0.3) is 0 Å². The van der Waals surface area contributed by atoms with Crippen LogP contribution in [0.4, 0.5) is 0 Å². The molecule has 0 amide bonds. The summed E-state index contributed by atoms with van der Waals surface area (Å²) in [6, 6.07) is 9.13. The first-order valence-electron chi connectivity index (χ1n) is 7.61. The Kier molecular flexibility index (Phi) is 4.64. The smallest absolute Gasteiger partial charge is 0.0897 e. The molecule has 0 aromatic heterocycles. The van der Waals surface area contributed by atoms with Gasteiger partial charge in [-0.15, -0.1) is 0 Å². The quantitative estimate of drug-likeness (QED) is 0.868. The molecule has 106 valence electrons. The van der Waals surface area contributed by atoms with Crippen molar-refractivity contribution in [2.45, 2.75) is 64.0 Å². The Labute approximate surface area is 117 Å². The minimum absolute atomic E-state index is 0.549. The van der Waals surface area contributed by atoms with Gasteiger partial charge in [0.2, 0.25) is 0 Å². The summed E-state index contributed by atoms with van der Waals surface area (Å²) in [6.07, 6.45) is 3.87. The number of rotatable bonds is 4. The predicted octanol–water partition coefficient (Wildman–Crippen LogP) is 3.55. The van der Waals surface area contributed by atoms with E-state index in [9.17, 15) is 5.11 Å². The number of nitrogens with one attached hydrogen (secondary N) is 1. The zero-order chi connectivity index (χ0) is 13.9. The molecule has 0 aliphatic heterocycles. The Morgan fingerprint density at radius 1 is 1.21 bits per heavy atom. The molecule has 1 saturated carbocycles. The summed E-state index contributed by atoms with van der Waals surface area (Å²) >= 11 is 0. The van der Waals surface area contributed by atoms with Crippen LogP contribution in [0.1, 0.15) is 63.5 Å². The van der Waals surface area contributed by atoms with Crippen molar-refractivity contribution in [2.24, 2.45) is 0 Å². The standard InChI is InChI=1S/C17H27NO/c1-4-18-16-9-11-17(19,12-10-16)15-7-5-14(6-8-15)13(2)3/h5-8,13,16,18-19H,4,9-12H2,1-3H3. The lowest BCUT2D eigenvalue weighted by Crippen LogP contribution is -2.39. The van der Waals surface area contributed by atoms with Gasteiger partial charge in [-0.25, -0.2) is 0 Å². The largest absolute Gasteiger partial charge is 0.385 e. The first-order chi connectivity index (χ1) is 9.05. The van der Waals surface area contributed by atoms with Crippen LogP contribution >= 0.6 is 0 Å². The fourth-order valence-corrected chi connectivity index (χ4v) is 3.06. The molecule has 0 unspecified atom stereocenters. The van der Waals surface area contributed by atoms with Gasteiger partial charge in [-0.2, -0.15) is 0 Å². The average molecular weight is 261 g/mol. The molecule has 0 radical (unpaired) electrons. The van der Waals surface area contributed by atoms with Gasteiger partial charge in [0, 0.05) is 6.04 Å². The first-order valence-corrected chi connectivity index (χ1v) is 7.61. The van der Waals surface area contributed by atoms with Gasteiger partial charge in [0.1, 0.15) is 0 Å². The van der Waals surface area contributed by atoms with Gasteiger partial charge in [0.05, 0.1) is 5.60 Å². The Balaban J connectivity index is 2.05. The van der Waals surface area contributed by atoms with E-state index in [2.05, 4.69) is 50.4 Å². The molecule has 2 nitrogen and oxygen atoms in total. The zero-order valence-corrected chi connectivity index (χ0v) is 12.4. The molecule has 2 N–H and O–H groups in total. The maximum Gasteiger partial charge on any atom is 0.0897 e. The number of aliphatic hydroxyl groups is 1. The summed E-state index contributed by atoms with van der Waals surface area (Å²) in [5.74, 6) is 0.549. The molecule has 1 aliphatic carbocycles. The number of hydrogen-bond acceptors (Lipinski definition) is 2. The lowest BCUT2D eigenvalue weighted by molar-refractivity contribution is -0.00816. The monoisotopic (exact) mass is 261 g/mol. The van der Waals surface area contributed by atoms with Gasteiger partial charge < -0.3 is 10.4 Å². The van der Waals surface area contributed by atoms with Gasteiger partial charge in [0.15, 0.2) is 0 Å². The minimum Gasteiger partial charge on any atom is -0.385 e. The molecule has 0 atom stereocenters. The summed E-state index contributed by atoms with van der Waals surface area (Å²) in [5.41, 5.74) is 1.82. The second-order valence-electron chi connectivity index (χ2n) is 6.14. The molecule has 2 heteroatoms. The summed E-state index contributed by atoms with van der Waals surface area (Å²) in [7, 11) is 0. The molecule has 1 aliphatic rings. The van der Waals surface area contributed by atoms with E-state index in [1.165, 1.54) is 5.56 Å². The van der Waals surface area contributed by atoms with E-state index < -0.39 is 5.60 Å². The Morgan fingerprint density at radius 2 is 1.79 bits per heavy atom. The maximum atomic E-state index is 10.8. The summed E-state index contributed by atoms with van der Waals surface area (Å²) in [4.78, 5) is 0. The van der Waals surface area contributed by atoms with Crippen molar-refractivity contribution in [3.8, 4) is 0 Å². The third-order valence-electron chi connectivity index (χ3n) is 4.42. The predicted molar refractivity (Wildman–Crippen MR) is 80.4 cm³/mol. The van der Waals surface area contributed by atoms with Crippen LogP contribution in [-0.4, -0.2) is 17.7 Å². The molecule has 1 aromatic rings. The number of benzene rings is 1. The molecule has 0 bridgehead atoms. The highest BCUT2D eigenvalue weighted by atomic mass is 16.3. The van der Waals surface area contributed by atoms with E-state index in [0.29, 0.717) is 12.0 Å². The van der Waals surface area contributed by atoms with Crippen LogP contribution in [0.3, 0.4) is 0 Å². The van der Waals surface area contributed by atoms with Gasteiger partial charge in [-0.3, -0.25) is 0 Å².